The molecule has 0 radical (unpaired) electrons. The van der Waals surface area contributed by atoms with Crippen LogP contribution in [0.15, 0.2) is 86.9 Å². The smallest absolute Gasteiger partial charge is 0.336 e. The van der Waals surface area contributed by atoms with Gasteiger partial charge in [-0.15, -0.1) is 0 Å². The van der Waals surface area contributed by atoms with Crippen molar-refractivity contribution in [2.24, 2.45) is 0 Å². The van der Waals surface area contributed by atoms with Crippen molar-refractivity contribution in [3.63, 3.8) is 0 Å². The van der Waals surface area contributed by atoms with Crippen LogP contribution in [0.3, 0.4) is 0 Å². The minimum absolute atomic E-state index is 0.219. The normalized spacial score (nSPS) is 11.1. The summed E-state index contributed by atoms with van der Waals surface area (Å²) in [5, 5.41) is 0.891. The van der Waals surface area contributed by atoms with Gasteiger partial charge in [0.2, 0.25) is 0 Å². The number of fused-ring (bicyclic) bond motifs is 1. The maximum atomic E-state index is 12.0. The quantitative estimate of drug-likeness (QED) is 0.195. The van der Waals surface area contributed by atoms with Gasteiger partial charge in [0.25, 0.3) is 10.1 Å². The minimum Gasteiger partial charge on any atom is -0.489 e. The molecule has 0 aliphatic carbocycles. The van der Waals surface area contributed by atoms with E-state index in [1.807, 2.05) is 70.2 Å². The van der Waals surface area contributed by atoms with Gasteiger partial charge in [0.1, 0.15) is 0 Å². The third-order valence-electron chi connectivity index (χ3n) is 5.35. The number of benzene rings is 3. The van der Waals surface area contributed by atoms with E-state index in [-0.39, 0.29) is 17.1 Å². The SMILES string of the molecule is CCCOS(=O)(=O)c1ccc(C)cc1.CCCOc1c(C)ccc2c(-c3ccccc3)cc(=O)oc12. The predicted molar refractivity (Wildman–Crippen MR) is 143 cm³/mol. The van der Waals surface area contributed by atoms with Gasteiger partial charge < -0.3 is 9.15 Å². The molecule has 1 heterocycles. The second kappa shape index (κ2) is 12.5. The van der Waals surface area contributed by atoms with Crippen LogP contribution < -0.4 is 10.4 Å². The summed E-state index contributed by atoms with van der Waals surface area (Å²) < 4.78 is 39.0. The molecule has 0 bridgehead atoms. The molecule has 36 heavy (non-hydrogen) atoms. The Bertz CT molecular complexity index is 1440. The van der Waals surface area contributed by atoms with Crippen LogP contribution in [-0.2, 0) is 14.3 Å². The molecule has 7 heteroatoms. The lowest BCUT2D eigenvalue weighted by atomic mass is 10.0. The van der Waals surface area contributed by atoms with Crippen LogP contribution in [-0.4, -0.2) is 21.6 Å². The van der Waals surface area contributed by atoms with Gasteiger partial charge in [-0.3, -0.25) is 4.18 Å². The standard InChI is InChI=1S/C19H18O3.C10H14O3S/c1-3-11-21-18-13(2)9-10-15-16(12-17(20)22-19(15)18)14-7-5-4-6-8-14;1-3-8-13-14(11,12)10-6-4-9(2)5-7-10/h4-10,12H,3,11H2,1-2H3;4-7H,3,8H2,1-2H3. The highest BCUT2D eigenvalue weighted by Crippen LogP contribution is 2.34. The molecule has 0 N–H and O–H groups in total. The molecule has 0 unspecified atom stereocenters. The summed E-state index contributed by atoms with van der Waals surface area (Å²) in [4.78, 5) is 12.2. The summed E-state index contributed by atoms with van der Waals surface area (Å²) in [6, 6.07) is 22.0. The summed E-state index contributed by atoms with van der Waals surface area (Å²) in [6.45, 7) is 8.61. The van der Waals surface area contributed by atoms with Crippen molar-refractivity contribution in [1.29, 1.82) is 0 Å². The van der Waals surface area contributed by atoms with Crippen LogP contribution in [0.5, 0.6) is 5.75 Å². The van der Waals surface area contributed by atoms with Crippen LogP contribution in [0.2, 0.25) is 0 Å². The highest BCUT2D eigenvalue weighted by Gasteiger charge is 2.15. The number of hydrogen-bond acceptors (Lipinski definition) is 6. The van der Waals surface area contributed by atoms with E-state index < -0.39 is 10.1 Å². The second-order valence-corrected chi connectivity index (χ2v) is 9.99. The molecule has 4 aromatic rings. The van der Waals surface area contributed by atoms with Crippen LogP contribution in [0, 0.1) is 13.8 Å². The molecule has 0 amide bonds. The fourth-order valence-electron chi connectivity index (χ4n) is 3.51. The van der Waals surface area contributed by atoms with Gasteiger partial charge in [0.15, 0.2) is 11.3 Å². The average Bonchev–Trinajstić information content (AvgIpc) is 2.87. The third kappa shape index (κ3) is 6.83. The van der Waals surface area contributed by atoms with Gasteiger partial charge in [0.05, 0.1) is 18.1 Å². The first-order chi connectivity index (χ1) is 17.3. The van der Waals surface area contributed by atoms with Crippen LogP contribution in [0.1, 0.15) is 37.8 Å². The number of aryl methyl sites for hydroxylation is 2. The van der Waals surface area contributed by atoms with E-state index in [0.717, 1.165) is 34.1 Å². The number of ether oxygens (including phenoxy) is 1. The maximum Gasteiger partial charge on any atom is 0.336 e. The Morgan fingerprint density at radius 3 is 2.14 bits per heavy atom. The van der Waals surface area contributed by atoms with Gasteiger partial charge >= 0.3 is 5.63 Å². The molecular formula is C29H32O6S. The fourth-order valence-corrected chi connectivity index (χ4v) is 4.50. The van der Waals surface area contributed by atoms with Gasteiger partial charge in [-0.25, -0.2) is 4.79 Å². The molecule has 0 aliphatic rings. The largest absolute Gasteiger partial charge is 0.489 e. The Labute approximate surface area is 212 Å². The monoisotopic (exact) mass is 508 g/mol. The lowest BCUT2D eigenvalue weighted by Crippen LogP contribution is -2.06. The molecule has 0 aliphatic heterocycles. The van der Waals surface area contributed by atoms with Gasteiger partial charge in [-0.2, -0.15) is 8.42 Å². The number of hydrogen-bond donors (Lipinski definition) is 0. The highest BCUT2D eigenvalue weighted by atomic mass is 32.2. The first-order valence-electron chi connectivity index (χ1n) is 12.0. The van der Waals surface area contributed by atoms with Gasteiger partial charge in [-0.1, -0.05) is 74.0 Å². The molecule has 3 aromatic carbocycles. The third-order valence-corrected chi connectivity index (χ3v) is 6.68. The molecular weight excluding hydrogens is 476 g/mol. The molecule has 0 spiro atoms. The van der Waals surface area contributed by atoms with E-state index in [2.05, 4.69) is 0 Å². The maximum absolute atomic E-state index is 12.0. The highest BCUT2D eigenvalue weighted by molar-refractivity contribution is 7.86. The van der Waals surface area contributed by atoms with E-state index in [9.17, 15) is 13.2 Å². The Kier molecular flexibility index (Phi) is 9.44. The predicted octanol–water partition coefficient (Wildman–Crippen LogP) is 6.67. The zero-order chi connectivity index (χ0) is 26.1. The topological polar surface area (TPSA) is 82.8 Å². The van der Waals surface area contributed by atoms with E-state index in [1.165, 1.54) is 6.07 Å². The van der Waals surface area contributed by atoms with E-state index >= 15 is 0 Å². The van der Waals surface area contributed by atoms with Crippen molar-refractivity contribution in [2.45, 2.75) is 45.4 Å². The Balaban J connectivity index is 0.000000223. The lowest BCUT2D eigenvalue weighted by molar-refractivity contribution is 0.313. The molecule has 0 fully saturated rings. The van der Waals surface area contributed by atoms with Crippen LogP contribution in [0.25, 0.3) is 22.1 Å². The molecule has 190 valence electrons. The average molecular weight is 509 g/mol. The molecule has 0 atom stereocenters. The molecule has 0 saturated heterocycles. The molecule has 4 rings (SSSR count). The van der Waals surface area contributed by atoms with Crippen LogP contribution >= 0.6 is 0 Å². The Morgan fingerprint density at radius 2 is 1.50 bits per heavy atom. The first kappa shape index (κ1) is 27.2. The second-order valence-electron chi connectivity index (χ2n) is 8.37. The lowest BCUT2D eigenvalue weighted by Gasteiger charge is -2.12. The van der Waals surface area contributed by atoms with E-state index in [1.54, 1.807) is 24.3 Å². The summed E-state index contributed by atoms with van der Waals surface area (Å²) in [5.41, 5.74) is 4.02. The van der Waals surface area contributed by atoms with Crippen molar-refractivity contribution in [3.05, 3.63) is 94.3 Å². The zero-order valence-electron chi connectivity index (χ0n) is 21.1. The van der Waals surface area contributed by atoms with Crippen molar-refractivity contribution < 1.29 is 21.8 Å². The molecule has 1 aromatic heterocycles. The number of rotatable bonds is 8. The van der Waals surface area contributed by atoms with Crippen LogP contribution in [0.4, 0.5) is 0 Å². The summed E-state index contributed by atoms with van der Waals surface area (Å²) in [5.74, 6) is 0.661. The molecule has 0 saturated carbocycles. The molecule has 6 nitrogen and oxygen atoms in total. The van der Waals surface area contributed by atoms with E-state index in [0.29, 0.717) is 24.4 Å². The minimum atomic E-state index is -3.54. The Morgan fingerprint density at radius 1 is 0.833 bits per heavy atom. The van der Waals surface area contributed by atoms with Crippen molar-refractivity contribution in [2.75, 3.05) is 13.2 Å². The van der Waals surface area contributed by atoms with Crippen molar-refractivity contribution in [1.82, 2.24) is 0 Å². The Hall–Kier alpha value is -3.42. The van der Waals surface area contributed by atoms with E-state index in [4.69, 9.17) is 13.3 Å². The van der Waals surface area contributed by atoms with Gasteiger partial charge in [0, 0.05) is 11.5 Å². The van der Waals surface area contributed by atoms with Crippen molar-refractivity contribution in [3.8, 4) is 16.9 Å². The fraction of sp³-hybridized carbons (Fsp3) is 0.276. The summed E-state index contributed by atoms with van der Waals surface area (Å²) >= 11 is 0. The first-order valence-corrected chi connectivity index (χ1v) is 13.4. The summed E-state index contributed by atoms with van der Waals surface area (Å²) in [6.07, 6.45) is 1.59. The van der Waals surface area contributed by atoms with Gasteiger partial charge in [-0.05, 0) is 55.5 Å². The summed E-state index contributed by atoms with van der Waals surface area (Å²) in [7, 11) is -3.54. The van der Waals surface area contributed by atoms with Crippen molar-refractivity contribution >= 4 is 21.1 Å². The zero-order valence-corrected chi connectivity index (χ0v) is 21.9.